The van der Waals surface area contributed by atoms with Crippen molar-refractivity contribution in [2.24, 2.45) is 23.3 Å². The van der Waals surface area contributed by atoms with Crippen LogP contribution in [0.5, 0.6) is 5.75 Å². The van der Waals surface area contributed by atoms with Crippen molar-refractivity contribution in [1.82, 2.24) is 26.6 Å². The van der Waals surface area contributed by atoms with E-state index in [9.17, 15) is 48.9 Å². The molecule has 2 aromatic rings. The zero-order chi connectivity index (χ0) is 39.8. The van der Waals surface area contributed by atoms with E-state index < -0.39 is 90.7 Å². The SMILES string of the molecule is CC(C)C[C@H](NC(=O)[C@@H](N)C(C)C)C(=O)N[C@@H](Cc1ccccc1)C(=O)N[C@@H](CO)C(=O)N[C@@H](CC(N)=O)C(=O)N[C@@H](Cc1ccc(O)cc1)C(=O)O. The summed E-state index contributed by atoms with van der Waals surface area (Å²) in [6.07, 6.45) is -0.818. The van der Waals surface area contributed by atoms with E-state index in [0.717, 1.165) is 0 Å². The molecule has 290 valence electrons. The van der Waals surface area contributed by atoms with Gasteiger partial charge in [0.15, 0.2) is 0 Å². The molecule has 0 aromatic heterocycles. The molecular formula is C36H51N7O10. The average Bonchev–Trinajstić information content (AvgIpc) is 3.09. The molecule has 0 aliphatic rings. The normalized spacial score (nSPS) is 14.5. The Labute approximate surface area is 307 Å². The number of carboxylic acids is 1. The highest BCUT2D eigenvalue weighted by Gasteiger charge is 2.34. The molecule has 12 N–H and O–H groups in total. The van der Waals surface area contributed by atoms with Gasteiger partial charge in [-0.05, 0) is 41.5 Å². The van der Waals surface area contributed by atoms with E-state index in [2.05, 4.69) is 26.6 Å². The molecule has 6 amide bonds. The van der Waals surface area contributed by atoms with Crippen molar-refractivity contribution in [3.05, 3.63) is 65.7 Å². The van der Waals surface area contributed by atoms with E-state index in [4.69, 9.17) is 11.5 Å². The summed E-state index contributed by atoms with van der Waals surface area (Å²) in [6.45, 7) is 6.22. The number of aliphatic hydroxyl groups excluding tert-OH is 1. The molecule has 0 heterocycles. The molecule has 0 aliphatic carbocycles. The number of nitrogens with one attached hydrogen (secondary N) is 5. The van der Waals surface area contributed by atoms with Gasteiger partial charge in [-0.15, -0.1) is 0 Å². The van der Waals surface area contributed by atoms with Crippen molar-refractivity contribution < 1.29 is 48.9 Å². The highest BCUT2D eigenvalue weighted by atomic mass is 16.4. The number of primary amides is 1. The molecule has 0 saturated carbocycles. The third-order valence-corrected chi connectivity index (χ3v) is 8.12. The number of carboxylic acid groups (broad SMARTS) is 1. The van der Waals surface area contributed by atoms with Crippen molar-refractivity contribution in [1.29, 1.82) is 0 Å². The number of nitrogens with two attached hydrogens (primary N) is 2. The third kappa shape index (κ3) is 14.9. The van der Waals surface area contributed by atoms with Gasteiger partial charge in [-0.3, -0.25) is 28.8 Å². The first-order valence-corrected chi connectivity index (χ1v) is 17.1. The maximum atomic E-state index is 13.7. The van der Waals surface area contributed by atoms with Gasteiger partial charge in [0.2, 0.25) is 35.4 Å². The lowest BCUT2D eigenvalue weighted by atomic mass is 9.99. The lowest BCUT2D eigenvalue weighted by molar-refractivity contribution is -0.142. The van der Waals surface area contributed by atoms with Crippen LogP contribution < -0.4 is 38.1 Å². The van der Waals surface area contributed by atoms with Gasteiger partial charge >= 0.3 is 5.97 Å². The van der Waals surface area contributed by atoms with Gasteiger partial charge in [0.05, 0.1) is 19.1 Å². The Morgan fingerprint density at radius 3 is 1.60 bits per heavy atom. The Balaban J connectivity index is 2.27. The van der Waals surface area contributed by atoms with Crippen molar-refractivity contribution in [2.45, 2.75) is 89.6 Å². The minimum absolute atomic E-state index is 0.0469. The summed E-state index contributed by atoms with van der Waals surface area (Å²) in [4.78, 5) is 90.3. The van der Waals surface area contributed by atoms with Crippen molar-refractivity contribution in [3.63, 3.8) is 0 Å². The van der Waals surface area contributed by atoms with Crippen molar-refractivity contribution >= 4 is 41.4 Å². The van der Waals surface area contributed by atoms with Crippen LogP contribution in [0.2, 0.25) is 0 Å². The first-order valence-electron chi connectivity index (χ1n) is 17.1. The molecule has 0 radical (unpaired) electrons. The van der Waals surface area contributed by atoms with E-state index in [-0.39, 0.29) is 36.8 Å². The van der Waals surface area contributed by atoms with E-state index in [1.165, 1.54) is 24.3 Å². The summed E-state index contributed by atoms with van der Waals surface area (Å²) in [7, 11) is 0. The minimum atomic E-state index is -1.71. The number of rotatable bonds is 21. The summed E-state index contributed by atoms with van der Waals surface area (Å²) in [5.74, 6) is -7.12. The van der Waals surface area contributed by atoms with Crippen LogP contribution >= 0.6 is 0 Å². The average molecular weight is 742 g/mol. The molecule has 2 aromatic carbocycles. The monoisotopic (exact) mass is 741 g/mol. The van der Waals surface area contributed by atoms with E-state index >= 15 is 0 Å². The second kappa shape index (κ2) is 21.1. The van der Waals surface area contributed by atoms with Gasteiger partial charge in [-0.2, -0.15) is 0 Å². The number of carbonyl (C=O) groups is 7. The maximum absolute atomic E-state index is 13.7. The minimum Gasteiger partial charge on any atom is -0.508 e. The second-order valence-corrected chi connectivity index (χ2v) is 13.5. The quantitative estimate of drug-likeness (QED) is 0.0709. The van der Waals surface area contributed by atoms with E-state index in [1.54, 1.807) is 44.2 Å². The van der Waals surface area contributed by atoms with Gasteiger partial charge in [0.25, 0.3) is 0 Å². The molecule has 53 heavy (non-hydrogen) atoms. The smallest absolute Gasteiger partial charge is 0.326 e. The van der Waals surface area contributed by atoms with Gasteiger partial charge in [-0.1, -0.05) is 70.2 Å². The number of phenolic OH excluding ortho intramolecular Hbond substituents is 1. The summed E-state index contributed by atoms with van der Waals surface area (Å²) < 4.78 is 0. The van der Waals surface area contributed by atoms with Crippen molar-refractivity contribution in [2.75, 3.05) is 6.61 Å². The lowest BCUT2D eigenvalue weighted by Crippen LogP contribution is -2.61. The first kappa shape index (κ1) is 43.6. The largest absolute Gasteiger partial charge is 0.508 e. The number of aliphatic carboxylic acids is 1. The first-order chi connectivity index (χ1) is 24.9. The summed E-state index contributed by atoms with van der Waals surface area (Å²) >= 11 is 0. The Morgan fingerprint density at radius 1 is 0.623 bits per heavy atom. The van der Waals surface area contributed by atoms with Crippen LogP contribution in [0, 0.1) is 11.8 Å². The number of hydrogen-bond donors (Lipinski definition) is 10. The molecule has 0 fully saturated rings. The Bertz CT molecular complexity index is 1570. The molecule has 6 atom stereocenters. The predicted octanol–water partition coefficient (Wildman–Crippen LogP) is -1.42. The lowest BCUT2D eigenvalue weighted by Gasteiger charge is -2.27. The van der Waals surface area contributed by atoms with Gasteiger partial charge in [0.1, 0.15) is 36.0 Å². The third-order valence-electron chi connectivity index (χ3n) is 8.12. The van der Waals surface area contributed by atoms with Crippen LogP contribution in [-0.4, -0.2) is 99.6 Å². The number of aliphatic hydroxyl groups is 1. The van der Waals surface area contributed by atoms with Crippen LogP contribution in [0.15, 0.2) is 54.6 Å². The van der Waals surface area contributed by atoms with Crippen LogP contribution in [0.4, 0.5) is 0 Å². The Morgan fingerprint density at radius 2 is 1.08 bits per heavy atom. The molecule has 17 nitrogen and oxygen atoms in total. The maximum Gasteiger partial charge on any atom is 0.326 e. The molecular weight excluding hydrogens is 690 g/mol. The second-order valence-electron chi connectivity index (χ2n) is 13.5. The fourth-order valence-electron chi connectivity index (χ4n) is 5.09. The molecule has 0 aliphatic heterocycles. The van der Waals surface area contributed by atoms with Crippen molar-refractivity contribution in [3.8, 4) is 5.75 Å². The Kier molecular flexibility index (Phi) is 17.4. The van der Waals surface area contributed by atoms with E-state index in [1.807, 2.05) is 13.8 Å². The number of aromatic hydroxyl groups is 1. The summed E-state index contributed by atoms with van der Waals surface area (Å²) in [5, 5.41) is 41.5. The van der Waals surface area contributed by atoms with Crippen LogP contribution in [0.1, 0.15) is 51.7 Å². The molecule has 0 unspecified atom stereocenters. The highest BCUT2D eigenvalue weighted by molar-refractivity contribution is 5.97. The standard InChI is InChI=1S/C36H51N7O10/c1-19(2)14-24(41-35(51)30(38)20(3)4)31(47)39-25(15-21-8-6-5-7-9-21)32(48)43-28(18-44)34(50)40-26(17-29(37)46)33(49)42-27(36(52)53)16-22-10-12-23(45)13-11-22/h5-13,19-20,24-28,30,44-45H,14-18,38H2,1-4H3,(H2,37,46)(H,39,47)(H,40,50)(H,41,51)(H,42,49)(H,43,48)(H,52,53)/t24-,25-,26-,27-,28-,30-/m0/s1. The molecule has 2 rings (SSSR count). The van der Waals surface area contributed by atoms with Gasteiger partial charge in [0, 0.05) is 12.8 Å². The molecule has 17 heteroatoms. The number of hydrogen-bond acceptors (Lipinski definition) is 10. The van der Waals surface area contributed by atoms with Crippen LogP contribution in [-0.2, 0) is 46.4 Å². The topological polar surface area (TPSA) is 292 Å². The number of carbonyl (C=O) groups excluding carboxylic acids is 6. The molecule has 0 bridgehead atoms. The van der Waals surface area contributed by atoms with Crippen LogP contribution in [0.25, 0.3) is 0 Å². The summed E-state index contributed by atoms with van der Waals surface area (Å²) in [6, 6.07) is 5.96. The summed E-state index contributed by atoms with van der Waals surface area (Å²) in [5.41, 5.74) is 12.4. The number of amides is 6. The zero-order valence-electron chi connectivity index (χ0n) is 30.2. The van der Waals surface area contributed by atoms with Gasteiger partial charge in [-0.25, -0.2) is 4.79 Å². The Hall–Kier alpha value is -5.55. The number of phenols is 1. The molecule has 0 saturated heterocycles. The van der Waals surface area contributed by atoms with Gasteiger partial charge < -0.3 is 53.4 Å². The number of benzene rings is 2. The zero-order valence-corrected chi connectivity index (χ0v) is 30.2. The highest BCUT2D eigenvalue weighted by Crippen LogP contribution is 2.13. The predicted molar refractivity (Wildman–Crippen MR) is 192 cm³/mol. The fraction of sp³-hybridized carbons (Fsp3) is 0.472. The fourth-order valence-corrected chi connectivity index (χ4v) is 5.09. The van der Waals surface area contributed by atoms with Crippen LogP contribution in [0.3, 0.4) is 0 Å². The molecule has 0 spiro atoms. The van der Waals surface area contributed by atoms with E-state index in [0.29, 0.717) is 11.1 Å².